The fourth-order valence-corrected chi connectivity index (χ4v) is 2.42. The van der Waals surface area contributed by atoms with Crippen molar-refractivity contribution in [3.05, 3.63) is 0 Å². The van der Waals surface area contributed by atoms with E-state index < -0.39 is 0 Å². The highest BCUT2D eigenvalue weighted by Crippen LogP contribution is 2.42. The summed E-state index contributed by atoms with van der Waals surface area (Å²) in [4.78, 5) is 13.0. The van der Waals surface area contributed by atoms with Gasteiger partial charge in [0.1, 0.15) is 0 Å². The maximum atomic E-state index is 11.1. The van der Waals surface area contributed by atoms with E-state index in [-0.39, 0.29) is 11.8 Å². The molecular weight excluding hydrogens is 176 g/mol. The summed E-state index contributed by atoms with van der Waals surface area (Å²) in [6, 6.07) is 2.43. The number of amides is 1. The zero-order valence-corrected chi connectivity index (χ0v) is 8.57. The van der Waals surface area contributed by atoms with Gasteiger partial charge in [-0.25, -0.2) is 0 Å². The van der Waals surface area contributed by atoms with E-state index in [1.165, 1.54) is 12.8 Å². The largest absolute Gasteiger partial charge is 0.343 e. The smallest absolute Gasteiger partial charge is 0.219 e. The predicted molar refractivity (Wildman–Crippen MR) is 52.2 cm³/mol. The molecule has 2 fully saturated rings. The number of rotatable bonds is 2. The van der Waals surface area contributed by atoms with Crippen LogP contribution in [0, 0.1) is 29.1 Å². The fraction of sp³-hybridized carbons (Fsp3) is 0.818. The summed E-state index contributed by atoms with van der Waals surface area (Å²) in [6.07, 6.45) is 3.46. The van der Waals surface area contributed by atoms with Crippen molar-refractivity contribution in [1.82, 2.24) is 4.90 Å². The Morgan fingerprint density at radius 1 is 1.43 bits per heavy atom. The highest BCUT2D eigenvalue weighted by Gasteiger charge is 2.39. The lowest BCUT2D eigenvalue weighted by atomic mass is 9.89. The highest BCUT2D eigenvalue weighted by molar-refractivity contribution is 5.73. The van der Waals surface area contributed by atoms with Gasteiger partial charge in [0.25, 0.3) is 0 Å². The van der Waals surface area contributed by atoms with Crippen molar-refractivity contribution in [2.75, 3.05) is 13.1 Å². The van der Waals surface area contributed by atoms with Crippen LogP contribution in [0.2, 0.25) is 0 Å². The Morgan fingerprint density at radius 2 is 2.14 bits per heavy atom. The Hall–Kier alpha value is -1.04. The molecule has 1 aliphatic heterocycles. The molecule has 2 atom stereocenters. The highest BCUT2D eigenvalue weighted by atomic mass is 16.2. The Bertz CT molecular complexity index is 278. The van der Waals surface area contributed by atoms with Crippen LogP contribution in [0.3, 0.4) is 0 Å². The van der Waals surface area contributed by atoms with Crippen LogP contribution < -0.4 is 0 Å². The van der Waals surface area contributed by atoms with Gasteiger partial charge in [-0.05, 0) is 31.1 Å². The van der Waals surface area contributed by atoms with E-state index in [0.717, 1.165) is 19.5 Å². The third kappa shape index (κ3) is 1.75. The van der Waals surface area contributed by atoms with Crippen LogP contribution in [-0.4, -0.2) is 23.9 Å². The van der Waals surface area contributed by atoms with E-state index in [2.05, 4.69) is 6.07 Å². The number of carbonyl (C=O) groups is 1. The quantitative estimate of drug-likeness (QED) is 0.664. The standard InChI is InChI=1S/C11H16N2O/c1-8(14)13-5-4-10(7-13)11(6-12)9-2-3-9/h9-11H,2-5,7H2,1H3. The van der Waals surface area contributed by atoms with Gasteiger partial charge in [-0.3, -0.25) is 4.79 Å². The molecule has 3 nitrogen and oxygen atoms in total. The molecule has 0 N–H and O–H groups in total. The molecular formula is C11H16N2O. The lowest BCUT2D eigenvalue weighted by Gasteiger charge is -2.17. The van der Waals surface area contributed by atoms with Crippen molar-refractivity contribution >= 4 is 5.91 Å². The van der Waals surface area contributed by atoms with E-state index >= 15 is 0 Å². The zero-order valence-electron chi connectivity index (χ0n) is 8.57. The number of carbonyl (C=O) groups excluding carboxylic acids is 1. The van der Waals surface area contributed by atoms with Gasteiger partial charge in [0.05, 0.1) is 12.0 Å². The molecule has 1 saturated heterocycles. The van der Waals surface area contributed by atoms with Gasteiger partial charge in [0.15, 0.2) is 0 Å². The first-order valence-electron chi connectivity index (χ1n) is 5.37. The molecule has 2 unspecified atom stereocenters. The van der Waals surface area contributed by atoms with E-state index in [1.807, 2.05) is 4.90 Å². The summed E-state index contributed by atoms with van der Waals surface area (Å²) in [6.45, 7) is 3.27. The van der Waals surface area contributed by atoms with Crippen molar-refractivity contribution in [3.8, 4) is 6.07 Å². The molecule has 1 aliphatic carbocycles. The molecule has 76 valence electrons. The molecule has 1 amide bonds. The monoisotopic (exact) mass is 192 g/mol. The average molecular weight is 192 g/mol. The van der Waals surface area contributed by atoms with Crippen molar-refractivity contribution < 1.29 is 4.79 Å². The maximum absolute atomic E-state index is 11.1. The first-order chi connectivity index (χ1) is 6.72. The lowest BCUT2D eigenvalue weighted by Crippen LogP contribution is -2.27. The second kappa shape index (κ2) is 3.61. The molecule has 14 heavy (non-hydrogen) atoms. The molecule has 1 saturated carbocycles. The molecule has 1 heterocycles. The third-order valence-electron chi connectivity index (χ3n) is 3.46. The first-order valence-corrected chi connectivity index (χ1v) is 5.37. The third-order valence-corrected chi connectivity index (χ3v) is 3.46. The second-order valence-corrected chi connectivity index (χ2v) is 4.51. The van der Waals surface area contributed by atoms with Crippen molar-refractivity contribution in [2.24, 2.45) is 17.8 Å². The summed E-state index contributed by atoms with van der Waals surface area (Å²) in [5.41, 5.74) is 0. The molecule has 0 bridgehead atoms. The Labute approximate surface area is 84.7 Å². The van der Waals surface area contributed by atoms with Crippen molar-refractivity contribution in [1.29, 1.82) is 5.26 Å². The average Bonchev–Trinajstić information content (AvgIpc) is 2.84. The Morgan fingerprint density at radius 3 is 2.57 bits per heavy atom. The maximum Gasteiger partial charge on any atom is 0.219 e. The van der Waals surface area contributed by atoms with Crippen LogP contribution in [0.25, 0.3) is 0 Å². The molecule has 2 rings (SSSR count). The summed E-state index contributed by atoms with van der Waals surface area (Å²) in [5.74, 6) is 1.44. The normalized spacial score (nSPS) is 28.6. The van der Waals surface area contributed by atoms with Crippen LogP contribution in [0.15, 0.2) is 0 Å². The van der Waals surface area contributed by atoms with E-state index in [9.17, 15) is 4.79 Å². The van der Waals surface area contributed by atoms with E-state index in [4.69, 9.17) is 5.26 Å². The van der Waals surface area contributed by atoms with Gasteiger partial charge < -0.3 is 4.90 Å². The van der Waals surface area contributed by atoms with Gasteiger partial charge in [-0.1, -0.05) is 0 Å². The SMILES string of the molecule is CC(=O)N1CCC(C(C#N)C2CC2)C1. The van der Waals surface area contributed by atoms with Gasteiger partial charge in [0, 0.05) is 20.0 Å². The number of hydrogen-bond donors (Lipinski definition) is 0. The minimum absolute atomic E-state index is 0.153. The Balaban J connectivity index is 1.94. The topological polar surface area (TPSA) is 44.1 Å². The van der Waals surface area contributed by atoms with Crippen LogP contribution in [0.1, 0.15) is 26.2 Å². The summed E-state index contributed by atoms with van der Waals surface area (Å²) < 4.78 is 0. The van der Waals surface area contributed by atoms with E-state index in [0.29, 0.717) is 11.8 Å². The Kier molecular flexibility index (Phi) is 2.45. The minimum atomic E-state index is 0.153. The number of hydrogen-bond acceptors (Lipinski definition) is 2. The van der Waals surface area contributed by atoms with Gasteiger partial charge in [-0.15, -0.1) is 0 Å². The molecule has 0 radical (unpaired) electrons. The lowest BCUT2D eigenvalue weighted by molar-refractivity contribution is -0.127. The van der Waals surface area contributed by atoms with Crippen molar-refractivity contribution in [2.45, 2.75) is 26.2 Å². The molecule has 0 aromatic heterocycles. The van der Waals surface area contributed by atoms with Crippen molar-refractivity contribution in [3.63, 3.8) is 0 Å². The summed E-state index contributed by atoms with van der Waals surface area (Å²) in [7, 11) is 0. The molecule has 3 heteroatoms. The predicted octanol–water partition coefficient (Wildman–Crippen LogP) is 1.40. The van der Waals surface area contributed by atoms with Crippen LogP contribution in [0.5, 0.6) is 0 Å². The molecule has 0 aromatic carbocycles. The minimum Gasteiger partial charge on any atom is -0.343 e. The first kappa shape index (κ1) is 9.51. The zero-order chi connectivity index (χ0) is 10.1. The number of nitrogens with zero attached hydrogens (tertiary/aromatic N) is 2. The van der Waals surface area contributed by atoms with Crippen LogP contribution >= 0.6 is 0 Å². The van der Waals surface area contributed by atoms with Gasteiger partial charge in [0.2, 0.25) is 5.91 Å². The molecule has 0 aromatic rings. The fourth-order valence-electron chi connectivity index (χ4n) is 2.42. The molecule has 2 aliphatic rings. The molecule has 0 spiro atoms. The van der Waals surface area contributed by atoms with Gasteiger partial charge in [-0.2, -0.15) is 5.26 Å². The second-order valence-electron chi connectivity index (χ2n) is 4.51. The number of nitriles is 1. The van der Waals surface area contributed by atoms with Crippen LogP contribution in [-0.2, 0) is 4.79 Å². The van der Waals surface area contributed by atoms with Crippen LogP contribution in [0.4, 0.5) is 0 Å². The summed E-state index contributed by atoms with van der Waals surface area (Å²) >= 11 is 0. The van der Waals surface area contributed by atoms with Gasteiger partial charge >= 0.3 is 0 Å². The number of likely N-dealkylation sites (tertiary alicyclic amines) is 1. The summed E-state index contributed by atoms with van der Waals surface area (Å²) in [5, 5.41) is 9.07. The van der Waals surface area contributed by atoms with E-state index in [1.54, 1.807) is 6.92 Å².